The van der Waals surface area contributed by atoms with Gasteiger partial charge in [0.2, 0.25) is 0 Å². The number of aromatic amines is 2. The first-order valence-corrected chi connectivity index (χ1v) is 7.07. The molecule has 2 aromatic heterocycles. The van der Waals surface area contributed by atoms with E-state index in [2.05, 4.69) is 54.3 Å². The van der Waals surface area contributed by atoms with Gasteiger partial charge in [-0.15, -0.1) is 0 Å². The Labute approximate surface area is 125 Å². The summed E-state index contributed by atoms with van der Waals surface area (Å²) in [5.74, 6) is 0. The van der Waals surface area contributed by atoms with Gasteiger partial charge in [0.05, 0.1) is 0 Å². The molecular formula is C17H19ClN2. The molecule has 1 aliphatic carbocycles. The zero-order chi connectivity index (χ0) is 13.0. The van der Waals surface area contributed by atoms with Crippen LogP contribution >= 0.6 is 0 Å². The third kappa shape index (κ3) is 1.90. The van der Waals surface area contributed by atoms with Crippen molar-refractivity contribution in [1.29, 1.82) is 0 Å². The smallest absolute Gasteiger partial charge is 0.191 e. The fraction of sp³-hybridized carbons (Fsp3) is 0.353. The molecular weight excluding hydrogens is 268 g/mol. The number of halogens is 1. The monoisotopic (exact) mass is 286 g/mol. The van der Waals surface area contributed by atoms with E-state index in [1.54, 1.807) is 0 Å². The van der Waals surface area contributed by atoms with E-state index < -0.39 is 0 Å². The maximum absolute atomic E-state index is 3.52. The van der Waals surface area contributed by atoms with Gasteiger partial charge in [0.15, 0.2) is 11.9 Å². The summed E-state index contributed by atoms with van der Waals surface area (Å²) < 4.78 is 0. The van der Waals surface area contributed by atoms with Crippen LogP contribution in [0, 0.1) is 5.41 Å². The minimum atomic E-state index is 0. The van der Waals surface area contributed by atoms with Gasteiger partial charge in [-0.05, 0) is 24.3 Å². The summed E-state index contributed by atoms with van der Waals surface area (Å²) in [4.78, 5) is 7.03. The fourth-order valence-corrected chi connectivity index (χ4v) is 3.46. The predicted octanol–water partition coefficient (Wildman–Crippen LogP) is 0.654. The van der Waals surface area contributed by atoms with Crippen molar-refractivity contribution in [2.45, 2.75) is 33.1 Å². The molecule has 2 heterocycles. The molecule has 0 spiro atoms. The summed E-state index contributed by atoms with van der Waals surface area (Å²) in [6.45, 7) is 4.73. The van der Waals surface area contributed by atoms with Crippen LogP contribution in [0.1, 0.15) is 31.5 Å². The molecule has 0 saturated heterocycles. The lowest BCUT2D eigenvalue weighted by atomic mass is 9.75. The summed E-state index contributed by atoms with van der Waals surface area (Å²) in [5.41, 5.74) is 5.84. The van der Waals surface area contributed by atoms with Gasteiger partial charge in [0.1, 0.15) is 5.52 Å². The number of pyridine rings is 1. The van der Waals surface area contributed by atoms with Crippen molar-refractivity contribution < 1.29 is 17.4 Å². The molecule has 104 valence electrons. The topological polar surface area (TPSA) is 29.9 Å². The van der Waals surface area contributed by atoms with E-state index in [1.807, 2.05) is 0 Å². The van der Waals surface area contributed by atoms with E-state index in [9.17, 15) is 0 Å². The zero-order valence-electron chi connectivity index (χ0n) is 11.9. The highest BCUT2D eigenvalue weighted by molar-refractivity contribution is 6.08. The van der Waals surface area contributed by atoms with Crippen molar-refractivity contribution in [1.82, 2.24) is 4.98 Å². The Bertz CT molecular complexity index is 786. The Morgan fingerprint density at radius 1 is 1.15 bits per heavy atom. The van der Waals surface area contributed by atoms with E-state index in [4.69, 9.17) is 0 Å². The Morgan fingerprint density at radius 2 is 1.95 bits per heavy atom. The first kappa shape index (κ1) is 13.4. The standard InChI is InChI=1S/C17H18N2.ClH/c1-17(2)8-7-12-14(9-17)18-10-15-16(12)11-5-3-4-6-13(11)19-15;/h3-6,10,19H,7-9H2,1-2H3;1H. The average Bonchev–Trinajstić information content (AvgIpc) is 2.76. The molecule has 3 aromatic rings. The molecule has 2 nitrogen and oxygen atoms in total. The summed E-state index contributed by atoms with van der Waals surface area (Å²) >= 11 is 0. The number of fused-ring (bicyclic) bond motifs is 5. The number of aromatic nitrogens is 2. The third-order valence-electron chi connectivity index (χ3n) is 4.50. The van der Waals surface area contributed by atoms with Gasteiger partial charge >= 0.3 is 0 Å². The number of nitrogens with one attached hydrogen (secondary N) is 2. The van der Waals surface area contributed by atoms with E-state index in [-0.39, 0.29) is 12.4 Å². The molecule has 0 aliphatic heterocycles. The highest BCUT2D eigenvalue weighted by atomic mass is 35.5. The predicted molar refractivity (Wildman–Crippen MR) is 78.2 cm³/mol. The molecule has 0 unspecified atom stereocenters. The van der Waals surface area contributed by atoms with Crippen molar-refractivity contribution in [2.24, 2.45) is 5.41 Å². The van der Waals surface area contributed by atoms with Crippen molar-refractivity contribution in [3.05, 3.63) is 41.7 Å². The molecule has 0 fully saturated rings. The van der Waals surface area contributed by atoms with E-state index in [1.165, 1.54) is 45.9 Å². The molecule has 4 rings (SSSR count). The van der Waals surface area contributed by atoms with Crippen LogP contribution in [0.15, 0.2) is 30.5 Å². The number of benzene rings is 1. The maximum Gasteiger partial charge on any atom is 0.191 e. The summed E-state index contributed by atoms with van der Waals surface area (Å²) in [5, 5.41) is 2.79. The Hall–Kier alpha value is -1.54. The van der Waals surface area contributed by atoms with Crippen LogP contribution in [-0.2, 0) is 12.8 Å². The quantitative estimate of drug-likeness (QED) is 0.629. The van der Waals surface area contributed by atoms with Crippen LogP contribution < -0.4 is 17.4 Å². The Kier molecular flexibility index (Phi) is 3.02. The largest absolute Gasteiger partial charge is 1.00 e. The molecule has 0 amide bonds. The van der Waals surface area contributed by atoms with Crippen LogP contribution in [0.5, 0.6) is 0 Å². The highest BCUT2D eigenvalue weighted by Crippen LogP contribution is 2.37. The average molecular weight is 287 g/mol. The molecule has 0 radical (unpaired) electrons. The molecule has 0 saturated carbocycles. The van der Waals surface area contributed by atoms with E-state index >= 15 is 0 Å². The molecule has 20 heavy (non-hydrogen) atoms. The van der Waals surface area contributed by atoms with Gasteiger partial charge in [-0.3, -0.25) is 0 Å². The minimum absolute atomic E-state index is 0. The van der Waals surface area contributed by atoms with Crippen molar-refractivity contribution in [2.75, 3.05) is 0 Å². The Morgan fingerprint density at radius 3 is 2.80 bits per heavy atom. The minimum Gasteiger partial charge on any atom is -1.00 e. The fourth-order valence-electron chi connectivity index (χ4n) is 3.46. The van der Waals surface area contributed by atoms with Crippen molar-refractivity contribution in [3.8, 4) is 0 Å². The molecule has 3 heteroatoms. The van der Waals surface area contributed by atoms with Gasteiger partial charge in [0, 0.05) is 28.3 Å². The molecule has 2 N–H and O–H groups in total. The number of hydrogen-bond acceptors (Lipinski definition) is 0. The summed E-state index contributed by atoms with van der Waals surface area (Å²) in [6, 6.07) is 8.62. The first-order chi connectivity index (χ1) is 9.14. The van der Waals surface area contributed by atoms with Crippen molar-refractivity contribution in [3.63, 3.8) is 0 Å². The van der Waals surface area contributed by atoms with E-state index in [0.717, 1.165) is 6.42 Å². The molecule has 1 aromatic carbocycles. The molecule has 1 aliphatic rings. The highest BCUT2D eigenvalue weighted by Gasteiger charge is 2.31. The Balaban J connectivity index is 0.00000121. The van der Waals surface area contributed by atoms with Crippen molar-refractivity contribution >= 4 is 21.8 Å². The van der Waals surface area contributed by atoms with Gasteiger partial charge in [0.25, 0.3) is 0 Å². The normalized spacial score (nSPS) is 16.9. The number of H-pyrrole nitrogens is 2. The second-order valence-electron chi connectivity index (χ2n) is 6.55. The second-order valence-corrected chi connectivity index (χ2v) is 6.55. The van der Waals surface area contributed by atoms with Gasteiger partial charge in [-0.2, -0.15) is 0 Å². The van der Waals surface area contributed by atoms with Crippen LogP contribution in [0.4, 0.5) is 0 Å². The number of rotatable bonds is 0. The maximum atomic E-state index is 3.52. The number of aryl methyl sites for hydroxylation is 1. The van der Waals surface area contributed by atoms with E-state index in [0.29, 0.717) is 5.41 Å². The second kappa shape index (κ2) is 4.49. The van der Waals surface area contributed by atoms with Crippen LogP contribution in [0.25, 0.3) is 21.8 Å². The molecule has 0 bridgehead atoms. The van der Waals surface area contributed by atoms with Gasteiger partial charge in [-0.25, -0.2) is 4.98 Å². The van der Waals surface area contributed by atoms with Crippen LogP contribution in [0.2, 0.25) is 0 Å². The van der Waals surface area contributed by atoms with Crippen LogP contribution in [-0.4, -0.2) is 4.98 Å². The third-order valence-corrected chi connectivity index (χ3v) is 4.50. The lowest BCUT2D eigenvalue weighted by Gasteiger charge is -2.28. The lowest BCUT2D eigenvalue weighted by Crippen LogP contribution is -3.00. The van der Waals surface area contributed by atoms with Gasteiger partial charge in [-0.1, -0.05) is 32.0 Å². The lowest BCUT2D eigenvalue weighted by molar-refractivity contribution is -0.391. The van der Waals surface area contributed by atoms with Crippen LogP contribution in [0.3, 0.4) is 0 Å². The summed E-state index contributed by atoms with van der Waals surface area (Å²) in [6.07, 6.45) is 5.73. The summed E-state index contributed by atoms with van der Waals surface area (Å²) in [7, 11) is 0. The number of hydrogen-bond donors (Lipinski definition) is 1. The zero-order valence-corrected chi connectivity index (χ0v) is 12.6. The molecule has 0 atom stereocenters. The first-order valence-electron chi connectivity index (χ1n) is 7.07. The number of para-hydroxylation sites is 1. The van der Waals surface area contributed by atoms with Gasteiger partial charge < -0.3 is 17.4 Å². The SMILES string of the molecule is CC1(C)CCc2c([nH+]cc3[nH]c4ccccc4c23)C1.[Cl-].